The minimum atomic E-state index is 0.0550. The Morgan fingerprint density at radius 1 is 1.04 bits per heavy atom. The van der Waals surface area contributed by atoms with Gasteiger partial charge in [-0.05, 0) is 43.4 Å². The molecule has 0 N–H and O–H groups in total. The number of carbonyl (C=O) groups is 2. The lowest BCUT2D eigenvalue weighted by molar-refractivity contribution is -0.140. The summed E-state index contributed by atoms with van der Waals surface area (Å²) in [5.41, 5.74) is 1.18. The summed E-state index contributed by atoms with van der Waals surface area (Å²) in [6.07, 6.45) is 3.63. The quantitative estimate of drug-likeness (QED) is 0.856. The summed E-state index contributed by atoms with van der Waals surface area (Å²) < 4.78 is 5.22. The van der Waals surface area contributed by atoms with Crippen LogP contribution in [0.1, 0.15) is 44.2 Å². The van der Waals surface area contributed by atoms with E-state index in [-0.39, 0.29) is 23.8 Å². The third-order valence-corrected chi connectivity index (χ3v) is 5.33. The molecule has 5 nitrogen and oxygen atoms in total. The van der Waals surface area contributed by atoms with Crippen LogP contribution in [0, 0.1) is 5.92 Å². The molecule has 5 heteroatoms. The van der Waals surface area contributed by atoms with Gasteiger partial charge in [0.15, 0.2) is 0 Å². The van der Waals surface area contributed by atoms with Crippen LogP contribution in [0.5, 0.6) is 5.75 Å². The van der Waals surface area contributed by atoms with Gasteiger partial charge in [-0.1, -0.05) is 12.1 Å². The van der Waals surface area contributed by atoms with Crippen LogP contribution >= 0.6 is 0 Å². The van der Waals surface area contributed by atoms with Gasteiger partial charge in [-0.2, -0.15) is 0 Å². The maximum atomic E-state index is 13.0. The smallest absolute Gasteiger partial charge is 0.226 e. The fraction of sp³-hybridized carbons (Fsp3) is 0.579. The van der Waals surface area contributed by atoms with Crippen molar-refractivity contribution in [3.63, 3.8) is 0 Å². The van der Waals surface area contributed by atoms with E-state index in [1.54, 1.807) is 14.0 Å². The Morgan fingerprint density at radius 2 is 1.71 bits per heavy atom. The molecule has 0 saturated carbocycles. The molecule has 1 atom stereocenters. The van der Waals surface area contributed by atoms with Crippen molar-refractivity contribution >= 4 is 11.8 Å². The number of benzene rings is 1. The van der Waals surface area contributed by atoms with E-state index < -0.39 is 0 Å². The van der Waals surface area contributed by atoms with Gasteiger partial charge in [-0.25, -0.2) is 0 Å². The Bertz CT molecular complexity index is 591. The molecule has 2 aliphatic heterocycles. The van der Waals surface area contributed by atoms with Gasteiger partial charge in [0.2, 0.25) is 11.8 Å². The standard InChI is InChI=1S/C19H26N2O3/c1-14(22)20-12-9-16(10-13-20)19(23)21-11-3-4-18(21)15-5-7-17(24-2)8-6-15/h5-8,16,18H,3-4,9-13H2,1-2H3. The molecular weight excluding hydrogens is 304 g/mol. The number of piperidine rings is 1. The number of hydrogen-bond acceptors (Lipinski definition) is 3. The third kappa shape index (κ3) is 3.40. The van der Waals surface area contributed by atoms with Gasteiger partial charge in [0.1, 0.15) is 5.75 Å². The second-order valence-corrected chi connectivity index (χ2v) is 6.74. The predicted octanol–water partition coefficient (Wildman–Crippen LogP) is 2.62. The average Bonchev–Trinajstić information content (AvgIpc) is 3.11. The zero-order chi connectivity index (χ0) is 17.1. The van der Waals surface area contributed by atoms with Crippen molar-refractivity contribution in [2.24, 2.45) is 5.92 Å². The number of amides is 2. The van der Waals surface area contributed by atoms with Crippen molar-refractivity contribution < 1.29 is 14.3 Å². The van der Waals surface area contributed by atoms with Crippen LogP contribution in [0.2, 0.25) is 0 Å². The Kier molecular flexibility index (Phi) is 5.07. The van der Waals surface area contributed by atoms with E-state index in [2.05, 4.69) is 17.0 Å². The predicted molar refractivity (Wildman–Crippen MR) is 91.7 cm³/mol. The van der Waals surface area contributed by atoms with Crippen LogP contribution < -0.4 is 4.74 Å². The Hall–Kier alpha value is -2.04. The van der Waals surface area contributed by atoms with Gasteiger partial charge in [0.05, 0.1) is 13.2 Å². The molecule has 24 heavy (non-hydrogen) atoms. The molecule has 2 aliphatic rings. The van der Waals surface area contributed by atoms with Crippen LogP contribution in [0.15, 0.2) is 24.3 Å². The molecule has 130 valence electrons. The molecule has 1 aromatic rings. The second-order valence-electron chi connectivity index (χ2n) is 6.74. The van der Waals surface area contributed by atoms with Gasteiger partial charge in [0, 0.05) is 32.5 Å². The van der Waals surface area contributed by atoms with E-state index in [1.165, 1.54) is 5.56 Å². The minimum Gasteiger partial charge on any atom is -0.497 e. The van der Waals surface area contributed by atoms with Crippen molar-refractivity contribution in [3.05, 3.63) is 29.8 Å². The summed E-state index contributed by atoms with van der Waals surface area (Å²) in [5, 5.41) is 0. The first-order valence-corrected chi connectivity index (χ1v) is 8.80. The third-order valence-electron chi connectivity index (χ3n) is 5.33. The Labute approximate surface area is 143 Å². The van der Waals surface area contributed by atoms with Crippen LogP contribution in [0.25, 0.3) is 0 Å². The average molecular weight is 330 g/mol. The number of nitrogens with zero attached hydrogens (tertiary/aromatic N) is 2. The number of ether oxygens (including phenoxy) is 1. The van der Waals surface area contributed by atoms with E-state index >= 15 is 0 Å². The second kappa shape index (κ2) is 7.24. The molecular formula is C19H26N2O3. The zero-order valence-corrected chi connectivity index (χ0v) is 14.5. The van der Waals surface area contributed by atoms with Crippen LogP contribution in [0.4, 0.5) is 0 Å². The SMILES string of the molecule is COc1ccc(C2CCCN2C(=O)C2CCN(C(C)=O)CC2)cc1. The molecule has 1 unspecified atom stereocenters. The minimum absolute atomic E-state index is 0.0550. The van der Waals surface area contributed by atoms with Crippen molar-refractivity contribution in [1.29, 1.82) is 0 Å². The van der Waals surface area contributed by atoms with Gasteiger partial charge >= 0.3 is 0 Å². The monoisotopic (exact) mass is 330 g/mol. The number of methoxy groups -OCH3 is 1. The molecule has 0 aromatic heterocycles. The van der Waals surface area contributed by atoms with Gasteiger partial charge in [-0.3, -0.25) is 9.59 Å². The maximum Gasteiger partial charge on any atom is 0.226 e. The molecule has 0 aliphatic carbocycles. The Balaban J connectivity index is 1.66. The highest BCUT2D eigenvalue weighted by Gasteiger charge is 2.35. The lowest BCUT2D eigenvalue weighted by Crippen LogP contribution is -2.43. The maximum absolute atomic E-state index is 13.0. The van der Waals surface area contributed by atoms with Gasteiger partial charge in [0.25, 0.3) is 0 Å². The Morgan fingerprint density at radius 3 is 2.29 bits per heavy atom. The molecule has 3 rings (SSSR count). The fourth-order valence-electron chi connectivity index (χ4n) is 3.88. The lowest BCUT2D eigenvalue weighted by Gasteiger charge is -2.34. The molecule has 2 saturated heterocycles. The van der Waals surface area contributed by atoms with Gasteiger partial charge < -0.3 is 14.5 Å². The number of hydrogen-bond donors (Lipinski definition) is 0. The number of carbonyl (C=O) groups excluding carboxylic acids is 2. The normalized spacial score (nSPS) is 21.8. The molecule has 2 heterocycles. The number of rotatable bonds is 3. The summed E-state index contributed by atoms with van der Waals surface area (Å²) in [6.45, 7) is 3.84. The topological polar surface area (TPSA) is 49.9 Å². The molecule has 2 fully saturated rings. The van der Waals surface area contributed by atoms with Crippen LogP contribution in [0.3, 0.4) is 0 Å². The first kappa shape index (κ1) is 16.8. The largest absolute Gasteiger partial charge is 0.497 e. The molecule has 0 spiro atoms. The summed E-state index contributed by atoms with van der Waals surface area (Å²) in [5.74, 6) is 1.26. The highest BCUT2D eigenvalue weighted by atomic mass is 16.5. The molecule has 0 radical (unpaired) electrons. The van der Waals surface area contributed by atoms with Crippen molar-refractivity contribution in [3.8, 4) is 5.75 Å². The fourth-order valence-corrected chi connectivity index (χ4v) is 3.88. The first-order valence-electron chi connectivity index (χ1n) is 8.80. The molecule has 1 aromatic carbocycles. The zero-order valence-electron chi connectivity index (χ0n) is 14.5. The van der Waals surface area contributed by atoms with Crippen molar-refractivity contribution in [2.75, 3.05) is 26.7 Å². The summed E-state index contributed by atoms with van der Waals surface area (Å²) in [4.78, 5) is 28.3. The van der Waals surface area contributed by atoms with E-state index in [9.17, 15) is 9.59 Å². The van der Waals surface area contributed by atoms with E-state index in [4.69, 9.17) is 4.74 Å². The van der Waals surface area contributed by atoms with Crippen LogP contribution in [-0.4, -0.2) is 48.4 Å². The first-order chi connectivity index (χ1) is 11.6. The van der Waals surface area contributed by atoms with Gasteiger partial charge in [-0.15, -0.1) is 0 Å². The van der Waals surface area contributed by atoms with E-state index in [0.717, 1.165) is 38.0 Å². The lowest BCUT2D eigenvalue weighted by atomic mass is 9.94. The molecule has 2 amide bonds. The van der Waals surface area contributed by atoms with E-state index in [0.29, 0.717) is 13.1 Å². The highest BCUT2D eigenvalue weighted by Crippen LogP contribution is 2.35. The summed E-state index contributed by atoms with van der Waals surface area (Å²) in [6, 6.07) is 8.22. The van der Waals surface area contributed by atoms with E-state index in [1.807, 2.05) is 17.0 Å². The van der Waals surface area contributed by atoms with Crippen molar-refractivity contribution in [2.45, 2.75) is 38.6 Å². The molecule has 0 bridgehead atoms. The summed E-state index contributed by atoms with van der Waals surface area (Å²) in [7, 11) is 1.66. The number of likely N-dealkylation sites (tertiary alicyclic amines) is 2. The summed E-state index contributed by atoms with van der Waals surface area (Å²) >= 11 is 0. The highest BCUT2D eigenvalue weighted by molar-refractivity contribution is 5.80. The van der Waals surface area contributed by atoms with Crippen LogP contribution in [-0.2, 0) is 9.59 Å². The van der Waals surface area contributed by atoms with Crippen molar-refractivity contribution in [1.82, 2.24) is 9.80 Å².